The van der Waals surface area contributed by atoms with Crippen LogP contribution in [-0.4, -0.2) is 65.3 Å². The van der Waals surface area contributed by atoms with Crippen molar-refractivity contribution >= 4 is 46.0 Å². The number of anilines is 1. The summed E-state index contributed by atoms with van der Waals surface area (Å²) < 4.78 is 0. The van der Waals surface area contributed by atoms with E-state index in [4.69, 9.17) is 16.6 Å². The molecule has 0 spiro atoms. The highest BCUT2D eigenvalue weighted by atomic mass is 35.5. The van der Waals surface area contributed by atoms with Gasteiger partial charge >= 0.3 is 0 Å². The van der Waals surface area contributed by atoms with Crippen molar-refractivity contribution < 1.29 is 4.79 Å². The van der Waals surface area contributed by atoms with Gasteiger partial charge in [0.2, 0.25) is 5.91 Å². The Kier molecular flexibility index (Phi) is 7.48. The number of carbonyl (C=O) groups excluding carboxylic acids is 1. The predicted octanol–water partition coefficient (Wildman–Crippen LogP) is 3.76. The molecule has 8 heteroatoms. The first-order valence-electron chi connectivity index (χ1n) is 10.1. The number of hydrogen-bond donors (Lipinski definition) is 2. The number of thioether (sulfide) groups is 1. The van der Waals surface area contributed by atoms with Crippen molar-refractivity contribution in [3.63, 3.8) is 0 Å². The third-order valence-corrected chi connectivity index (χ3v) is 6.95. The Hall–Kier alpha value is -1.44. The minimum absolute atomic E-state index is 0.0273. The minimum Gasteiger partial charge on any atom is -0.368 e. The Balaban J connectivity index is 1.65. The monoisotopic (exact) mass is 423 g/mol. The molecule has 1 aliphatic heterocycles. The Morgan fingerprint density at radius 3 is 2.64 bits per heavy atom. The molecule has 0 aliphatic carbocycles. The molecule has 0 atom stereocenters. The number of piperazine rings is 1. The van der Waals surface area contributed by atoms with Crippen LogP contribution in [0.4, 0.5) is 5.69 Å². The van der Waals surface area contributed by atoms with Gasteiger partial charge in [-0.3, -0.25) is 9.69 Å². The van der Waals surface area contributed by atoms with Crippen LogP contribution in [0.15, 0.2) is 17.3 Å². The van der Waals surface area contributed by atoms with Crippen molar-refractivity contribution in [1.29, 1.82) is 0 Å². The van der Waals surface area contributed by atoms with Crippen molar-refractivity contribution in [2.24, 2.45) is 0 Å². The third-order valence-electron chi connectivity index (χ3n) is 5.23. The van der Waals surface area contributed by atoms with Crippen molar-refractivity contribution in [3.05, 3.63) is 17.2 Å². The fraction of sp³-hybridized carbons (Fsp3) is 0.600. The molecule has 0 saturated carbocycles. The van der Waals surface area contributed by atoms with Gasteiger partial charge in [0, 0.05) is 51.4 Å². The second-order valence-electron chi connectivity index (χ2n) is 7.23. The van der Waals surface area contributed by atoms with Gasteiger partial charge in [-0.05, 0) is 25.0 Å². The van der Waals surface area contributed by atoms with Gasteiger partial charge in [-0.2, -0.15) is 0 Å². The zero-order chi connectivity index (χ0) is 20.1. The van der Waals surface area contributed by atoms with E-state index in [9.17, 15) is 4.79 Å². The van der Waals surface area contributed by atoms with E-state index in [-0.39, 0.29) is 5.91 Å². The predicted molar refractivity (Wildman–Crippen MR) is 119 cm³/mol. The Morgan fingerprint density at radius 1 is 1.29 bits per heavy atom. The molecule has 1 amide bonds. The molecule has 1 aromatic heterocycles. The van der Waals surface area contributed by atoms with Crippen molar-refractivity contribution in [2.75, 3.05) is 44.2 Å². The minimum atomic E-state index is 0.0273. The molecule has 0 unspecified atom stereocenters. The van der Waals surface area contributed by atoms with Gasteiger partial charge in [0.15, 0.2) is 5.16 Å². The molecular weight excluding hydrogens is 394 g/mol. The quantitative estimate of drug-likeness (QED) is 0.633. The van der Waals surface area contributed by atoms with Gasteiger partial charge in [-0.25, -0.2) is 4.98 Å². The number of amides is 1. The molecule has 3 rings (SSSR count). The molecule has 1 aromatic carbocycles. The van der Waals surface area contributed by atoms with E-state index in [1.165, 1.54) is 0 Å². The number of benzene rings is 1. The molecule has 1 aliphatic rings. The summed E-state index contributed by atoms with van der Waals surface area (Å²) in [7, 11) is 0. The molecular formula is C20H30ClN5OS. The Labute approximate surface area is 176 Å². The average molecular weight is 424 g/mol. The van der Waals surface area contributed by atoms with Gasteiger partial charge in [0.05, 0.1) is 21.7 Å². The molecule has 1 saturated heterocycles. The number of halogens is 1. The largest absolute Gasteiger partial charge is 0.368 e. The number of rotatable bonds is 8. The number of fused-ring (bicyclic) bond motifs is 1. The summed E-state index contributed by atoms with van der Waals surface area (Å²) in [5.41, 5.74) is 3.03. The third kappa shape index (κ3) is 5.33. The standard InChI is InChI=1S/C20H30ClN5OS/c1-4-15(5-2)28-20-23-17-12-16(21)19(13-18(17)24-20)26-10-8-25(9-11-26)7-6-22-14(3)27/h12-13,15H,4-11H2,1-3H3,(H,22,27)(H,23,24). The topological polar surface area (TPSA) is 64.3 Å². The summed E-state index contributed by atoms with van der Waals surface area (Å²) in [5.74, 6) is 0.0273. The molecule has 2 heterocycles. The molecule has 6 nitrogen and oxygen atoms in total. The zero-order valence-electron chi connectivity index (χ0n) is 16.9. The maximum atomic E-state index is 11.0. The summed E-state index contributed by atoms with van der Waals surface area (Å²) in [6.45, 7) is 11.3. The Bertz CT molecular complexity index is 799. The zero-order valence-corrected chi connectivity index (χ0v) is 18.5. The summed E-state index contributed by atoms with van der Waals surface area (Å²) >= 11 is 8.42. The van der Waals surface area contributed by atoms with Crippen LogP contribution < -0.4 is 10.2 Å². The number of aromatic nitrogens is 2. The van der Waals surface area contributed by atoms with Crippen LogP contribution >= 0.6 is 23.4 Å². The van der Waals surface area contributed by atoms with E-state index >= 15 is 0 Å². The molecule has 1 fully saturated rings. The summed E-state index contributed by atoms with van der Waals surface area (Å²) in [4.78, 5) is 23.9. The van der Waals surface area contributed by atoms with Crippen LogP contribution in [0, 0.1) is 0 Å². The fourth-order valence-corrected chi connectivity index (χ4v) is 4.76. The molecule has 2 N–H and O–H groups in total. The van der Waals surface area contributed by atoms with Gasteiger partial charge < -0.3 is 15.2 Å². The number of aromatic amines is 1. The average Bonchev–Trinajstić information content (AvgIpc) is 3.07. The van der Waals surface area contributed by atoms with Crippen LogP contribution in [0.2, 0.25) is 5.02 Å². The smallest absolute Gasteiger partial charge is 0.216 e. The summed E-state index contributed by atoms with van der Waals surface area (Å²) in [5, 5.41) is 5.18. The second-order valence-corrected chi connectivity index (χ2v) is 8.93. The fourth-order valence-electron chi connectivity index (χ4n) is 3.51. The van der Waals surface area contributed by atoms with Crippen LogP contribution in [0.5, 0.6) is 0 Å². The van der Waals surface area contributed by atoms with Crippen LogP contribution in [-0.2, 0) is 4.79 Å². The van der Waals surface area contributed by atoms with E-state index in [1.54, 1.807) is 6.92 Å². The number of nitrogens with one attached hydrogen (secondary N) is 2. The van der Waals surface area contributed by atoms with E-state index in [2.05, 4.69) is 40.0 Å². The maximum absolute atomic E-state index is 11.0. The first-order valence-corrected chi connectivity index (χ1v) is 11.3. The molecule has 2 aromatic rings. The highest BCUT2D eigenvalue weighted by Gasteiger charge is 2.20. The highest BCUT2D eigenvalue weighted by molar-refractivity contribution is 7.99. The summed E-state index contributed by atoms with van der Waals surface area (Å²) in [6.07, 6.45) is 2.27. The van der Waals surface area contributed by atoms with Crippen molar-refractivity contribution in [3.8, 4) is 0 Å². The van der Waals surface area contributed by atoms with Crippen LogP contribution in [0.25, 0.3) is 11.0 Å². The second kappa shape index (κ2) is 9.85. The molecule has 0 bridgehead atoms. The van der Waals surface area contributed by atoms with Gasteiger partial charge in [-0.15, -0.1) is 0 Å². The van der Waals surface area contributed by atoms with Crippen molar-refractivity contribution in [2.45, 2.75) is 44.0 Å². The van der Waals surface area contributed by atoms with Crippen LogP contribution in [0.3, 0.4) is 0 Å². The SMILES string of the molecule is CCC(CC)Sc1nc2cc(N3CCN(CCNC(C)=O)CC3)c(Cl)cc2[nH]1. The van der Waals surface area contributed by atoms with Crippen molar-refractivity contribution in [1.82, 2.24) is 20.2 Å². The molecule has 154 valence electrons. The lowest BCUT2D eigenvalue weighted by atomic mass is 10.2. The van der Waals surface area contributed by atoms with Gasteiger partial charge in [0.1, 0.15) is 0 Å². The summed E-state index contributed by atoms with van der Waals surface area (Å²) in [6, 6.07) is 4.11. The first-order chi connectivity index (χ1) is 13.5. The lowest BCUT2D eigenvalue weighted by molar-refractivity contribution is -0.119. The normalized spacial score (nSPS) is 15.5. The van der Waals surface area contributed by atoms with Gasteiger partial charge in [-0.1, -0.05) is 37.2 Å². The lowest BCUT2D eigenvalue weighted by Gasteiger charge is -2.36. The Morgan fingerprint density at radius 2 is 2.00 bits per heavy atom. The number of carbonyl (C=O) groups is 1. The molecule has 0 radical (unpaired) electrons. The lowest BCUT2D eigenvalue weighted by Crippen LogP contribution is -2.48. The maximum Gasteiger partial charge on any atom is 0.216 e. The number of hydrogen-bond acceptors (Lipinski definition) is 5. The van der Waals surface area contributed by atoms with Crippen LogP contribution in [0.1, 0.15) is 33.6 Å². The van der Waals surface area contributed by atoms with E-state index in [0.717, 1.165) is 72.5 Å². The molecule has 28 heavy (non-hydrogen) atoms. The number of imidazole rings is 1. The van der Waals surface area contributed by atoms with E-state index in [0.29, 0.717) is 11.8 Å². The van der Waals surface area contributed by atoms with Gasteiger partial charge in [0.25, 0.3) is 0 Å². The van der Waals surface area contributed by atoms with E-state index < -0.39 is 0 Å². The van der Waals surface area contributed by atoms with E-state index in [1.807, 2.05) is 17.8 Å². The first kappa shape index (κ1) is 21.3. The highest BCUT2D eigenvalue weighted by Crippen LogP contribution is 2.33. The number of nitrogens with zero attached hydrogens (tertiary/aromatic N) is 3. The number of H-pyrrole nitrogens is 1.